The predicted octanol–water partition coefficient (Wildman–Crippen LogP) is 2.52. The van der Waals surface area contributed by atoms with E-state index in [-0.39, 0.29) is 6.04 Å². The van der Waals surface area contributed by atoms with E-state index in [9.17, 15) is 0 Å². The summed E-state index contributed by atoms with van der Waals surface area (Å²) in [7, 11) is 1.93. The van der Waals surface area contributed by atoms with Gasteiger partial charge in [0.1, 0.15) is 0 Å². The second-order valence-electron chi connectivity index (χ2n) is 3.67. The molecule has 0 spiro atoms. The summed E-state index contributed by atoms with van der Waals surface area (Å²) < 4.78 is 0. The number of para-hydroxylation sites is 1. The maximum atomic E-state index is 5.38. The molecule has 0 amide bonds. The van der Waals surface area contributed by atoms with Crippen LogP contribution in [0.4, 0.5) is 0 Å². The summed E-state index contributed by atoms with van der Waals surface area (Å²) in [5.74, 6) is 2.70. The Kier molecular flexibility index (Phi) is 3.19. The van der Waals surface area contributed by atoms with Crippen LogP contribution in [0, 0.1) is 12.3 Å². The maximum Gasteiger partial charge on any atom is 0.0705 e. The molecule has 1 unspecified atom stereocenters. The fourth-order valence-electron chi connectivity index (χ4n) is 1.91. The van der Waals surface area contributed by atoms with E-state index in [0.717, 1.165) is 5.52 Å². The van der Waals surface area contributed by atoms with Crippen molar-refractivity contribution in [3.63, 3.8) is 0 Å². The van der Waals surface area contributed by atoms with Gasteiger partial charge in [-0.3, -0.25) is 4.98 Å². The van der Waals surface area contributed by atoms with Crippen LogP contribution in [-0.2, 0) is 0 Å². The number of nitrogens with one attached hydrogen (secondary N) is 1. The van der Waals surface area contributed by atoms with Crippen LogP contribution in [0.25, 0.3) is 10.9 Å². The van der Waals surface area contributed by atoms with Crippen molar-refractivity contribution in [2.45, 2.75) is 12.5 Å². The first kappa shape index (κ1) is 10.7. The molecule has 80 valence electrons. The Morgan fingerprint density at radius 3 is 2.94 bits per heavy atom. The van der Waals surface area contributed by atoms with E-state index in [1.165, 1.54) is 10.9 Å². The fourth-order valence-corrected chi connectivity index (χ4v) is 1.91. The third kappa shape index (κ3) is 1.91. The number of terminal acetylenes is 1. The number of rotatable bonds is 3. The van der Waals surface area contributed by atoms with Gasteiger partial charge in [0.05, 0.1) is 5.52 Å². The van der Waals surface area contributed by atoms with Gasteiger partial charge in [-0.2, -0.15) is 0 Å². The van der Waals surface area contributed by atoms with Crippen molar-refractivity contribution in [3.8, 4) is 12.3 Å². The summed E-state index contributed by atoms with van der Waals surface area (Å²) in [5.41, 5.74) is 2.23. The Labute approximate surface area is 95.7 Å². The molecule has 0 aliphatic rings. The highest BCUT2D eigenvalue weighted by molar-refractivity contribution is 5.82. The Morgan fingerprint density at radius 2 is 2.19 bits per heavy atom. The van der Waals surface area contributed by atoms with Gasteiger partial charge in [-0.05, 0) is 24.7 Å². The van der Waals surface area contributed by atoms with Gasteiger partial charge in [0.2, 0.25) is 0 Å². The molecule has 0 saturated heterocycles. The summed E-state index contributed by atoms with van der Waals surface area (Å²) in [6, 6.07) is 10.3. The molecule has 0 aliphatic carbocycles. The number of nitrogens with zero attached hydrogens (tertiary/aromatic N) is 1. The van der Waals surface area contributed by atoms with Crippen molar-refractivity contribution in [2.24, 2.45) is 0 Å². The quantitative estimate of drug-likeness (QED) is 0.787. The number of hydrogen-bond acceptors (Lipinski definition) is 2. The van der Waals surface area contributed by atoms with Crippen molar-refractivity contribution in [1.82, 2.24) is 10.3 Å². The average Bonchev–Trinajstić information content (AvgIpc) is 2.35. The van der Waals surface area contributed by atoms with Crippen LogP contribution in [0.3, 0.4) is 0 Å². The second-order valence-corrected chi connectivity index (χ2v) is 3.67. The Hall–Kier alpha value is -1.85. The molecule has 1 atom stereocenters. The molecule has 1 heterocycles. The lowest BCUT2D eigenvalue weighted by atomic mass is 10.00. The highest BCUT2D eigenvalue weighted by Gasteiger charge is 2.10. The molecule has 16 heavy (non-hydrogen) atoms. The molecule has 0 bridgehead atoms. The van der Waals surface area contributed by atoms with Gasteiger partial charge in [0.15, 0.2) is 0 Å². The molecule has 1 aromatic carbocycles. The van der Waals surface area contributed by atoms with Crippen molar-refractivity contribution in [1.29, 1.82) is 0 Å². The second kappa shape index (κ2) is 4.78. The van der Waals surface area contributed by atoms with Crippen LogP contribution in [0.2, 0.25) is 0 Å². The normalized spacial score (nSPS) is 12.2. The molecule has 2 rings (SSSR count). The minimum atomic E-state index is 0.192. The third-order valence-electron chi connectivity index (χ3n) is 2.73. The standard InChI is InChI=1S/C14H14N2/c1-3-6-13(15-2)12-9-10-16-14-8-5-4-7-11(12)14/h1,4-5,7-10,13,15H,6H2,2H3. The first-order valence-corrected chi connectivity index (χ1v) is 5.31. The van der Waals surface area contributed by atoms with Gasteiger partial charge < -0.3 is 5.32 Å². The van der Waals surface area contributed by atoms with Crippen LogP contribution in [0.5, 0.6) is 0 Å². The largest absolute Gasteiger partial charge is 0.312 e. The van der Waals surface area contributed by atoms with Crippen LogP contribution in [-0.4, -0.2) is 12.0 Å². The lowest BCUT2D eigenvalue weighted by Crippen LogP contribution is -2.16. The summed E-state index contributed by atoms with van der Waals surface area (Å²) in [5, 5.41) is 4.41. The first-order chi connectivity index (χ1) is 7.86. The van der Waals surface area contributed by atoms with Crippen LogP contribution in [0.1, 0.15) is 18.0 Å². The van der Waals surface area contributed by atoms with Crippen molar-refractivity contribution < 1.29 is 0 Å². The van der Waals surface area contributed by atoms with Crippen molar-refractivity contribution in [2.75, 3.05) is 7.05 Å². The molecule has 0 fully saturated rings. The van der Waals surface area contributed by atoms with Crippen LogP contribution < -0.4 is 5.32 Å². The lowest BCUT2D eigenvalue weighted by Gasteiger charge is -2.15. The van der Waals surface area contributed by atoms with E-state index in [1.807, 2.05) is 37.5 Å². The minimum Gasteiger partial charge on any atom is -0.312 e. The zero-order chi connectivity index (χ0) is 11.4. The smallest absolute Gasteiger partial charge is 0.0705 e. The number of aromatic nitrogens is 1. The lowest BCUT2D eigenvalue weighted by molar-refractivity contribution is 0.615. The number of benzene rings is 1. The van der Waals surface area contributed by atoms with Gasteiger partial charge >= 0.3 is 0 Å². The molecule has 1 aromatic heterocycles. The van der Waals surface area contributed by atoms with Crippen LogP contribution >= 0.6 is 0 Å². The predicted molar refractivity (Wildman–Crippen MR) is 67.0 cm³/mol. The van der Waals surface area contributed by atoms with E-state index >= 15 is 0 Å². The fraction of sp³-hybridized carbons (Fsp3) is 0.214. The topological polar surface area (TPSA) is 24.9 Å². The van der Waals surface area contributed by atoms with Crippen LogP contribution in [0.15, 0.2) is 36.5 Å². The maximum absolute atomic E-state index is 5.38. The zero-order valence-electron chi connectivity index (χ0n) is 9.27. The van der Waals surface area contributed by atoms with E-state index in [0.29, 0.717) is 6.42 Å². The monoisotopic (exact) mass is 210 g/mol. The zero-order valence-corrected chi connectivity index (χ0v) is 9.27. The minimum absolute atomic E-state index is 0.192. The summed E-state index contributed by atoms with van der Waals surface area (Å²) in [6.45, 7) is 0. The molecule has 1 N–H and O–H groups in total. The van der Waals surface area contributed by atoms with Gasteiger partial charge in [0.25, 0.3) is 0 Å². The summed E-state index contributed by atoms with van der Waals surface area (Å²) in [6.07, 6.45) is 7.90. The van der Waals surface area contributed by atoms with E-state index < -0.39 is 0 Å². The number of hydrogen-bond donors (Lipinski definition) is 1. The number of pyridine rings is 1. The first-order valence-electron chi connectivity index (χ1n) is 5.31. The molecular formula is C14H14N2. The third-order valence-corrected chi connectivity index (χ3v) is 2.73. The van der Waals surface area contributed by atoms with E-state index in [2.05, 4.69) is 22.3 Å². The molecule has 2 nitrogen and oxygen atoms in total. The van der Waals surface area contributed by atoms with E-state index in [1.54, 1.807) is 0 Å². The Bertz CT molecular complexity index is 520. The van der Waals surface area contributed by atoms with Gasteiger partial charge in [-0.25, -0.2) is 0 Å². The van der Waals surface area contributed by atoms with Gasteiger partial charge in [0, 0.05) is 24.0 Å². The van der Waals surface area contributed by atoms with Crippen molar-refractivity contribution in [3.05, 3.63) is 42.1 Å². The summed E-state index contributed by atoms with van der Waals surface area (Å²) in [4.78, 5) is 4.34. The van der Waals surface area contributed by atoms with E-state index in [4.69, 9.17) is 6.42 Å². The highest BCUT2D eigenvalue weighted by Crippen LogP contribution is 2.24. The summed E-state index contributed by atoms with van der Waals surface area (Å²) >= 11 is 0. The number of fused-ring (bicyclic) bond motifs is 1. The van der Waals surface area contributed by atoms with Crippen molar-refractivity contribution >= 4 is 10.9 Å². The van der Waals surface area contributed by atoms with Gasteiger partial charge in [-0.1, -0.05) is 18.2 Å². The van der Waals surface area contributed by atoms with Gasteiger partial charge in [-0.15, -0.1) is 12.3 Å². The molecule has 2 heteroatoms. The SMILES string of the molecule is C#CCC(NC)c1ccnc2ccccc12. The molecular weight excluding hydrogens is 196 g/mol. The molecule has 0 aliphatic heterocycles. The Balaban J connectivity index is 2.55. The molecule has 2 aromatic rings. The Morgan fingerprint density at radius 1 is 1.38 bits per heavy atom. The highest BCUT2D eigenvalue weighted by atomic mass is 14.9. The average molecular weight is 210 g/mol. The molecule has 0 saturated carbocycles. The molecule has 0 radical (unpaired) electrons.